The fraction of sp³-hybridized carbons (Fsp3) is 0.171. The van der Waals surface area contributed by atoms with Crippen LogP contribution in [0.2, 0.25) is 10.0 Å². The van der Waals surface area contributed by atoms with Gasteiger partial charge in [-0.05, 0) is 67.1 Å². The van der Waals surface area contributed by atoms with E-state index in [4.69, 9.17) is 32.9 Å². The van der Waals surface area contributed by atoms with Gasteiger partial charge in [0.15, 0.2) is 0 Å². The molecule has 230 valence electrons. The van der Waals surface area contributed by atoms with Gasteiger partial charge in [-0.15, -0.1) is 0 Å². The van der Waals surface area contributed by atoms with Crippen molar-refractivity contribution in [3.05, 3.63) is 123 Å². The molecule has 0 aliphatic carbocycles. The molecule has 0 saturated heterocycles. The van der Waals surface area contributed by atoms with Gasteiger partial charge in [0, 0.05) is 72.0 Å². The Morgan fingerprint density at radius 1 is 1.02 bits per heavy atom. The summed E-state index contributed by atoms with van der Waals surface area (Å²) >= 11 is 13.6. The second kappa shape index (κ2) is 13.9. The second-order valence-electron chi connectivity index (χ2n) is 10.6. The Bertz CT molecular complexity index is 1900. The van der Waals surface area contributed by atoms with E-state index in [1.165, 1.54) is 6.08 Å². The number of hydrogen-bond donors (Lipinski definition) is 2. The minimum Gasteiger partial charge on any atom is -0.487 e. The summed E-state index contributed by atoms with van der Waals surface area (Å²) in [5, 5.41) is 7.42. The molecular weight excluding hydrogens is 609 g/mol. The molecule has 3 aromatic carbocycles. The molecule has 2 N–H and O–H groups in total. The van der Waals surface area contributed by atoms with Crippen molar-refractivity contribution in [1.82, 2.24) is 20.2 Å². The van der Waals surface area contributed by atoms with E-state index in [1.54, 1.807) is 43.5 Å². The summed E-state index contributed by atoms with van der Waals surface area (Å²) < 4.78 is 8.19. The molecular formula is C35H33Cl2N5O3. The zero-order valence-electron chi connectivity index (χ0n) is 25.4. The Kier molecular flexibility index (Phi) is 9.76. The monoisotopic (exact) mass is 641 g/mol. The van der Waals surface area contributed by atoms with Crippen LogP contribution < -0.4 is 20.3 Å². The third kappa shape index (κ3) is 7.14. The van der Waals surface area contributed by atoms with E-state index in [2.05, 4.69) is 15.5 Å². The average molecular weight is 643 g/mol. The number of carbonyl (C=O) groups excluding carboxylic acids is 2. The van der Waals surface area contributed by atoms with Gasteiger partial charge in [-0.2, -0.15) is 0 Å². The largest absolute Gasteiger partial charge is 0.487 e. The number of benzene rings is 3. The first-order chi connectivity index (χ1) is 21.7. The summed E-state index contributed by atoms with van der Waals surface area (Å²) in [5.41, 5.74) is 6.24. The van der Waals surface area contributed by atoms with Crippen LogP contribution in [-0.4, -0.2) is 42.5 Å². The summed E-state index contributed by atoms with van der Waals surface area (Å²) in [5.74, 6) is 0.213. The quantitative estimate of drug-likeness (QED) is 0.161. The van der Waals surface area contributed by atoms with Crippen molar-refractivity contribution in [3.63, 3.8) is 0 Å². The number of carbonyl (C=O) groups is 2. The van der Waals surface area contributed by atoms with Gasteiger partial charge < -0.3 is 24.8 Å². The van der Waals surface area contributed by atoms with Crippen LogP contribution in [0.1, 0.15) is 32.9 Å². The van der Waals surface area contributed by atoms with Crippen LogP contribution in [0.4, 0.5) is 5.69 Å². The third-order valence-corrected chi connectivity index (χ3v) is 8.07. The van der Waals surface area contributed by atoms with E-state index in [1.807, 2.05) is 74.2 Å². The number of para-hydroxylation sites is 1. The predicted octanol–water partition coefficient (Wildman–Crippen LogP) is 6.97. The highest BCUT2D eigenvalue weighted by molar-refractivity contribution is 6.37. The molecule has 5 aromatic rings. The Hall–Kier alpha value is -4.79. The molecule has 0 fully saturated rings. The maximum Gasteiger partial charge on any atom is 0.251 e. The molecule has 2 amide bonds. The van der Waals surface area contributed by atoms with Crippen molar-refractivity contribution in [1.29, 1.82) is 0 Å². The fourth-order valence-corrected chi connectivity index (χ4v) is 5.53. The number of anilines is 1. The van der Waals surface area contributed by atoms with Gasteiger partial charge in [-0.1, -0.05) is 47.5 Å². The molecule has 0 unspecified atom stereocenters. The van der Waals surface area contributed by atoms with Crippen molar-refractivity contribution in [2.24, 2.45) is 0 Å². The predicted molar refractivity (Wildman–Crippen MR) is 182 cm³/mol. The zero-order valence-corrected chi connectivity index (χ0v) is 26.9. The Morgan fingerprint density at radius 2 is 1.80 bits per heavy atom. The minimum absolute atomic E-state index is 0.139. The topological polar surface area (TPSA) is 88.5 Å². The number of aryl methyl sites for hydroxylation is 1. The summed E-state index contributed by atoms with van der Waals surface area (Å²) in [6.45, 7) is 2.37. The van der Waals surface area contributed by atoms with Crippen molar-refractivity contribution in [3.8, 4) is 11.4 Å². The first-order valence-corrected chi connectivity index (χ1v) is 15.0. The highest BCUT2D eigenvalue weighted by Crippen LogP contribution is 2.35. The van der Waals surface area contributed by atoms with E-state index < -0.39 is 0 Å². The fourth-order valence-electron chi connectivity index (χ4n) is 4.96. The van der Waals surface area contributed by atoms with E-state index >= 15 is 0 Å². The Morgan fingerprint density at radius 3 is 2.53 bits per heavy atom. The molecule has 2 aromatic heterocycles. The molecule has 0 radical (unpaired) electrons. The van der Waals surface area contributed by atoms with E-state index in [-0.39, 0.29) is 25.0 Å². The molecule has 0 spiro atoms. The molecule has 0 saturated carbocycles. The number of rotatable bonds is 10. The number of nitrogens with one attached hydrogen (secondary N) is 2. The maximum atomic E-state index is 12.6. The van der Waals surface area contributed by atoms with Gasteiger partial charge in [-0.25, -0.2) is 4.98 Å². The SMILES string of the molecule is CNC(=O)c1ccc(/C=C/C(=O)NCc2cccn2-c2ccc(Cl)c(COc3cccc4c(N(C)C)cc(C)nc34)c2Cl)cc1. The summed E-state index contributed by atoms with van der Waals surface area (Å²) in [6, 6.07) is 22.3. The Balaban J connectivity index is 1.30. The van der Waals surface area contributed by atoms with E-state index in [0.29, 0.717) is 32.6 Å². The highest BCUT2D eigenvalue weighted by Gasteiger charge is 2.17. The number of amides is 2. The van der Waals surface area contributed by atoms with Gasteiger partial charge in [0.1, 0.15) is 17.9 Å². The number of pyridine rings is 1. The van der Waals surface area contributed by atoms with E-state index in [9.17, 15) is 9.59 Å². The lowest BCUT2D eigenvalue weighted by Crippen LogP contribution is -2.21. The summed E-state index contributed by atoms with van der Waals surface area (Å²) in [7, 11) is 5.58. The lowest BCUT2D eigenvalue weighted by atomic mass is 10.1. The van der Waals surface area contributed by atoms with Crippen molar-refractivity contribution in [2.75, 3.05) is 26.0 Å². The van der Waals surface area contributed by atoms with Gasteiger partial charge in [-0.3, -0.25) is 9.59 Å². The highest BCUT2D eigenvalue weighted by atomic mass is 35.5. The van der Waals surface area contributed by atoms with E-state index in [0.717, 1.165) is 33.5 Å². The Labute approximate surface area is 272 Å². The molecule has 0 aliphatic rings. The van der Waals surface area contributed by atoms with Crippen molar-refractivity contribution < 1.29 is 14.3 Å². The number of ether oxygens (including phenoxy) is 1. The van der Waals surface area contributed by atoms with Crippen LogP contribution in [0.3, 0.4) is 0 Å². The smallest absolute Gasteiger partial charge is 0.251 e. The lowest BCUT2D eigenvalue weighted by molar-refractivity contribution is -0.116. The number of aromatic nitrogens is 2. The molecule has 10 heteroatoms. The lowest BCUT2D eigenvalue weighted by Gasteiger charge is -2.18. The van der Waals surface area contributed by atoms with Crippen LogP contribution in [0, 0.1) is 6.92 Å². The van der Waals surface area contributed by atoms with Crippen molar-refractivity contribution >= 4 is 57.7 Å². The molecule has 2 heterocycles. The van der Waals surface area contributed by atoms with Gasteiger partial charge >= 0.3 is 0 Å². The van der Waals surface area contributed by atoms with Crippen LogP contribution in [-0.2, 0) is 17.9 Å². The summed E-state index contributed by atoms with van der Waals surface area (Å²) in [4.78, 5) is 31.1. The number of nitrogens with zero attached hydrogens (tertiary/aromatic N) is 3. The van der Waals surface area contributed by atoms with Gasteiger partial charge in [0.2, 0.25) is 5.91 Å². The third-order valence-electron chi connectivity index (χ3n) is 7.29. The van der Waals surface area contributed by atoms with Crippen molar-refractivity contribution in [2.45, 2.75) is 20.1 Å². The van der Waals surface area contributed by atoms with Crippen LogP contribution >= 0.6 is 23.2 Å². The minimum atomic E-state index is -0.259. The first kappa shape index (κ1) is 31.6. The molecule has 0 bridgehead atoms. The van der Waals surface area contributed by atoms with Crippen LogP contribution in [0.25, 0.3) is 22.7 Å². The molecule has 8 nitrogen and oxygen atoms in total. The van der Waals surface area contributed by atoms with Crippen LogP contribution in [0.15, 0.2) is 85.1 Å². The molecule has 0 aliphatic heterocycles. The number of fused-ring (bicyclic) bond motifs is 1. The van der Waals surface area contributed by atoms with Crippen LogP contribution in [0.5, 0.6) is 5.75 Å². The average Bonchev–Trinajstić information content (AvgIpc) is 3.50. The molecule has 0 atom stereocenters. The maximum absolute atomic E-state index is 12.6. The van der Waals surface area contributed by atoms with Gasteiger partial charge in [0.05, 0.1) is 17.3 Å². The first-order valence-electron chi connectivity index (χ1n) is 14.3. The second-order valence-corrected chi connectivity index (χ2v) is 11.4. The number of halogens is 2. The normalized spacial score (nSPS) is 11.2. The molecule has 45 heavy (non-hydrogen) atoms. The number of hydrogen-bond acceptors (Lipinski definition) is 5. The summed E-state index contributed by atoms with van der Waals surface area (Å²) in [6.07, 6.45) is 5.03. The zero-order chi connectivity index (χ0) is 32.1. The molecule has 5 rings (SSSR count). The standard InChI is InChI=1S/C35H33Cl2N5O3/c1-22-19-30(41(3)4)26-8-5-9-31(34(26)40-22)45-21-27-28(36)15-16-29(33(27)37)42-18-6-7-25(42)20-39-32(43)17-12-23-10-13-24(14-11-23)35(44)38-2/h5-19H,20-21H2,1-4H3,(H,38,44)(H,39,43)/b17-12+. The van der Waals surface area contributed by atoms with Gasteiger partial charge in [0.25, 0.3) is 5.91 Å².